The van der Waals surface area contributed by atoms with Crippen LogP contribution in [0.4, 0.5) is 10.1 Å². The van der Waals surface area contributed by atoms with Crippen molar-refractivity contribution in [2.75, 3.05) is 18.1 Å². The zero-order valence-electron chi connectivity index (χ0n) is 20.0. The lowest BCUT2D eigenvalue weighted by atomic mass is 9.47. The van der Waals surface area contributed by atoms with E-state index in [1.54, 1.807) is 6.20 Å². The number of thiophene rings is 1. The lowest BCUT2D eigenvalue weighted by Gasteiger charge is -2.65. The zero-order chi connectivity index (χ0) is 24.9. The molecule has 4 saturated carbocycles. The third-order valence-corrected chi connectivity index (χ3v) is 9.49. The number of ether oxygens (including phenoxy) is 1. The molecule has 7 nitrogen and oxygen atoms in total. The van der Waals surface area contributed by atoms with Gasteiger partial charge in [-0.25, -0.2) is 9.37 Å². The van der Waals surface area contributed by atoms with Crippen molar-refractivity contribution in [2.24, 2.45) is 5.92 Å². The molecule has 4 aliphatic carbocycles. The van der Waals surface area contributed by atoms with E-state index in [4.69, 9.17) is 4.74 Å². The van der Waals surface area contributed by atoms with Gasteiger partial charge in [0.25, 0.3) is 5.91 Å². The first-order valence-corrected chi connectivity index (χ1v) is 14.3. The summed E-state index contributed by atoms with van der Waals surface area (Å²) in [5, 5.41) is 6.08. The standard InChI is InChI=1S/C26H30BrFN4O3S/c27-17-10-20-24(29-11-17)35-8-7-32(20)12-18-5-6-21(36-18)23(34)30-19(9-16-3-1-2-4-16)22(33)31-26-13-25(28,14-26)15-26/h5-6,10-11,16,19H,1-4,7-9,12-15H2,(H,30,34)(H,31,33)/t19-,25?,26?/m0/s1. The van der Waals surface area contributed by atoms with E-state index >= 15 is 0 Å². The lowest BCUT2D eigenvalue weighted by Crippen LogP contribution is -2.77. The molecule has 4 fully saturated rings. The van der Waals surface area contributed by atoms with Gasteiger partial charge in [-0.2, -0.15) is 0 Å². The Labute approximate surface area is 222 Å². The first kappa shape index (κ1) is 24.2. The summed E-state index contributed by atoms with van der Waals surface area (Å²) in [7, 11) is 0. The minimum Gasteiger partial charge on any atom is -0.474 e. The number of pyridine rings is 1. The number of rotatable bonds is 8. The van der Waals surface area contributed by atoms with Crippen LogP contribution in [0.15, 0.2) is 28.9 Å². The van der Waals surface area contributed by atoms with Crippen LogP contribution in [0.2, 0.25) is 0 Å². The number of hydrogen-bond acceptors (Lipinski definition) is 6. The Morgan fingerprint density at radius 3 is 2.81 bits per heavy atom. The molecule has 10 heteroatoms. The fraction of sp³-hybridized carbons (Fsp3) is 0.577. The van der Waals surface area contributed by atoms with E-state index < -0.39 is 11.7 Å². The Morgan fingerprint density at radius 1 is 1.28 bits per heavy atom. The summed E-state index contributed by atoms with van der Waals surface area (Å²) >= 11 is 4.92. The number of nitrogens with one attached hydrogen (secondary N) is 2. The van der Waals surface area contributed by atoms with Crippen molar-refractivity contribution in [2.45, 2.75) is 75.2 Å². The number of aromatic nitrogens is 1. The molecule has 2 N–H and O–H groups in total. The maximum absolute atomic E-state index is 14.0. The molecule has 3 heterocycles. The van der Waals surface area contributed by atoms with Crippen LogP contribution < -0.4 is 20.3 Å². The highest BCUT2D eigenvalue weighted by Crippen LogP contribution is 2.62. The highest BCUT2D eigenvalue weighted by molar-refractivity contribution is 9.10. The summed E-state index contributed by atoms with van der Waals surface area (Å²) in [6.07, 6.45) is 8.10. The zero-order valence-corrected chi connectivity index (χ0v) is 22.4. The van der Waals surface area contributed by atoms with Crippen LogP contribution in [0.25, 0.3) is 0 Å². The maximum atomic E-state index is 14.0. The van der Waals surface area contributed by atoms with Gasteiger partial charge in [0, 0.05) is 40.3 Å². The van der Waals surface area contributed by atoms with Crippen molar-refractivity contribution in [1.29, 1.82) is 0 Å². The van der Waals surface area contributed by atoms with E-state index in [1.165, 1.54) is 24.2 Å². The fourth-order valence-electron chi connectivity index (χ4n) is 6.25. The van der Waals surface area contributed by atoms with Crippen molar-refractivity contribution in [1.82, 2.24) is 15.6 Å². The summed E-state index contributed by atoms with van der Waals surface area (Å²) in [6.45, 7) is 1.94. The summed E-state index contributed by atoms with van der Waals surface area (Å²) in [6, 6.07) is 5.19. The van der Waals surface area contributed by atoms with Crippen LogP contribution in [0.5, 0.6) is 5.88 Å². The van der Waals surface area contributed by atoms with E-state index in [0.717, 1.165) is 34.4 Å². The lowest BCUT2D eigenvalue weighted by molar-refractivity contribution is -0.176. The van der Waals surface area contributed by atoms with E-state index in [0.29, 0.717) is 55.5 Å². The molecule has 0 aromatic carbocycles. The van der Waals surface area contributed by atoms with Crippen LogP contribution in [-0.4, -0.2) is 47.2 Å². The molecule has 7 rings (SSSR count). The van der Waals surface area contributed by atoms with Gasteiger partial charge in [-0.1, -0.05) is 25.7 Å². The van der Waals surface area contributed by atoms with Crippen molar-refractivity contribution >= 4 is 44.8 Å². The SMILES string of the molecule is O=C(N[C@@H](CC1CCCC1)C(=O)NC12CC(F)(C1)C2)c1ccc(CN2CCOc3ncc(Br)cc32)s1. The first-order valence-electron chi connectivity index (χ1n) is 12.7. The molecule has 2 bridgehead atoms. The molecule has 0 saturated heterocycles. The molecule has 1 aliphatic heterocycles. The highest BCUT2D eigenvalue weighted by Gasteiger charge is 2.70. The second kappa shape index (κ2) is 9.28. The Morgan fingerprint density at radius 2 is 2.06 bits per heavy atom. The van der Waals surface area contributed by atoms with Gasteiger partial charge in [0.1, 0.15) is 24.0 Å². The average molecular weight is 578 g/mol. The molecular formula is C26H30BrFN4O3S. The predicted octanol–water partition coefficient (Wildman–Crippen LogP) is 4.74. The molecule has 2 aromatic heterocycles. The van der Waals surface area contributed by atoms with E-state index in [-0.39, 0.29) is 17.4 Å². The molecule has 0 radical (unpaired) electrons. The monoisotopic (exact) mass is 576 g/mol. The summed E-state index contributed by atoms with van der Waals surface area (Å²) < 4.78 is 20.5. The number of anilines is 1. The number of halogens is 2. The van der Waals surface area contributed by atoms with Gasteiger partial charge in [0.15, 0.2) is 0 Å². The van der Waals surface area contributed by atoms with E-state index in [1.807, 2.05) is 18.2 Å². The molecule has 2 aromatic rings. The summed E-state index contributed by atoms with van der Waals surface area (Å²) in [4.78, 5) is 34.6. The molecule has 0 spiro atoms. The van der Waals surface area contributed by atoms with Crippen molar-refractivity contribution < 1.29 is 18.7 Å². The number of carbonyl (C=O) groups excluding carboxylic acids is 2. The molecule has 2 amide bonds. The van der Waals surface area contributed by atoms with Crippen LogP contribution in [0.3, 0.4) is 0 Å². The van der Waals surface area contributed by atoms with Gasteiger partial charge in [0.2, 0.25) is 11.8 Å². The molecule has 192 valence electrons. The molecule has 0 unspecified atom stereocenters. The quantitative estimate of drug-likeness (QED) is 0.474. The predicted molar refractivity (Wildman–Crippen MR) is 139 cm³/mol. The Hall–Kier alpha value is -2.20. The third kappa shape index (κ3) is 4.74. The Bertz CT molecular complexity index is 1160. The normalized spacial score (nSPS) is 27.3. The molecule has 36 heavy (non-hydrogen) atoms. The maximum Gasteiger partial charge on any atom is 0.262 e. The third-order valence-electron chi connectivity index (χ3n) is 7.99. The summed E-state index contributed by atoms with van der Waals surface area (Å²) in [5.41, 5.74) is -0.538. The molecule has 5 aliphatic rings. The number of fused-ring (bicyclic) bond motifs is 1. The smallest absolute Gasteiger partial charge is 0.262 e. The van der Waals surface area contributed by atoms with Gasteiger partial charge in [-0.3, -0.25) is 9.59 Å². The number of carbonyl (C=O) groups is 2. The van der Waals surface area contributed by atoms with Gasteiger partial charge in [0.05, 0.1) is 18.0 Å². The highest BCUT2D eigenvalue weighted by atomic mass is 79.9. The molecule has 1 atom stereocenters. The van der Waals surface area contributed by atoms with Crippen molar-refractivity contribution in [3.05, 3.63) is 38.6 Å². The van der Waals surface area contributed by atoms with Crippen LogP contribution in [-0.2, 0) is 11.3 Å². The van der Waals surface area contributed by atoms with Gasteiger partial charge < -0.3 is 20.3 Å². The average Bonchev–Trinajstić information content (AvgIpc) is 3.49. The number of alkyl halides is 1. The number of amides is 2. The van der Waals surface area contributed by atoms with Gasteiger partial charge in [-0.05, 0) is 46.5 Å². The van der Waals surface area contributed by atoms with Gasteiger partial charge in [-0.15, -0.1) is 11.3 Å². The minimum atomic E-state index is -1.07. The second-order valence-corrected chi connectivity index (χ2v) is 13.0. The number of hydrogen-bond donors (Lipinski definition) is 2. The van der Waals surface area contributed by atoms with E-state index in [2.05, 4.69) is 36.4 Å². The topological polar surface area (TPSA) is 83.6 Å². The second-order valence-electron chi connectivity index (χ2n) is 10.9. The van der Waals surface area contributed by atoms with Crippen molar-refractivity contribution in [3.8, 4) is 5.88 Å². The first-order chi connectivity index (χ1) is 17.3. The van der Waals surface area contributed by atoms with Crippen molar-refractivity contribution in [3.63, 3.8) is 0 Å². The molecular weight excluding hydrogens is 547 g/mol. The number of nitrogens with zero attached hydrogens (tertiary/aromatic N) is 2. The minimum absolute atomic E-state index is 0.170. The Balaban J connectivity index is 1.12. The summed E-state index contributed by atoms with van der Waals surface area (Å²) in [5.74, 6) is 0.657. The fourth-order valence-corrected chi connectivity index (χ4v) is 7.50. The largest absolute Gasteiger partial charge is 0.474 e. The van der Waals surface area contributed by atoms with E-state index in [9.17, 15) is 14.0 Å². The van der Waals surface area contributed by atoms with Gasteiger partial charge >= 0.3 is 0 Å². The van der Waals surface area contributed by atoms with Crippen LogP contribution in [0, 0.1) is 5.92 Å². The van der Waals surface area contributed by atoms with Crippen LogP contribution >= 0.6 is 27.3 Å². The Kier molecular flexibility index (Phi) is 6.22. The van der Waals surface area contributed by atoms with Crippen LogP contribution in [0.1, 0.15) is 65.9 Å².